The first kappa shape index (κ1) is 15.6. The van der Waals surface area contributed by atoms with Gasteiger partial charge in [0.05, 0.1) is 4.75 Å². The number of nitrogens with zero attached hydrogens (tertiary/aromatic N) is 2. The SMILES string of the molecule is CC(C)(C)S(=O)(=O)c1nccnc1C(O)c1ccccc1. The van der Waals surface area contributed by atoms with Crippen LogP contribution in [-0.2, 0) is 9.84 Å². The number of aliphatic hydroxyl groups is 1. The van der Waals surface area contributed by atoms with Gasteiger partial charge in [-0.2, -0.15) is 0 Å². The molecule has 1 aromatic carbocycles. The Morgan fingerprint density at radius 3 is 2.19 bits per heavy atom. The Morgan fingerprint density at radius 2 is 1.62 bits per heavy atom. The van der Waals surface area contributed by atoms with Gasteiger partial charge in [0.25, 0.3) is 0 Å². The lowest BCUT2D eigenvalue weighted by Gasteiger charge is -2.21. The van der Waals surface area contributed by atoms with E-state index < -0.39 is 20.7 Å². The molecule has 6 heteroatoms. The highest BCUT2D eigenvalue weighted by atomic mass is 32.2. The number of hydrogen-bond donors (Lipinski definition) is 1. The van der Waals surface area contributed by atoms with Crippen LogP contribution in [0, 0.1) is 0 Å². The average molecular weight is 306 g/mol. The van der Waals surface area contributed by atoms with Gasteiger partial charge in [-0.15, -0.1) is 0 Å². The summed E-state index contributed by atoms with van der Waals surface area (Å²) in [5, 5.41) is 10.3. The lowest BCUT2D eigenvalue weighted by atomic mass is 10.1. The van der Waals surface area contributed by atoms with Gasteiger partial charge in [0.15, 0.2) is 5.03 Å². The van der Waals surface area contributed by atoms with Crippen molar-refractivity contribution in [2.45, 2.75) is 36.6 Å². The molecule has 0 aliphatic carbocycles. The van der Waals surface area contributed by atoms with Crippen LogP contribution in [0.25, 0.3) is 0 Å². The smallest absolute Gasteiger partial charge is 0.202 e. The molecule has 0 aliphatic heterocycles. The van der Waals surface area contributed by atoms with Crippen LogP contribution in [0.4, 0.5) is 0 Å². The summed E-state index contributed by atoms with van der Waals surface area (Å²) < 4.78 is 24.2. The fourth-order valence-electron chi connectivity index (χ4n) is 1.81. The number of benzene rings is 1. The van der Waals surface area contributed by atoms with Gasteiger partial charge in [0.2, 0.25) is 9.84 Å². The van der Waals surface area contributed by atoms with Crippen molar-refractivity contribution >= 4 is 9.84 Å². The van der Waals surface area contributed by atoms with Crippen molar-refractivity contribution in [3.8, 4) is 0 Å². The summed E-state index contributed by atoms with van der Waals surface area (Å²) in [5.41, 5.74) is 0.627. The number of aliphatic hydroxyl groups excluding tert-OH is 1. The maximum atomic E-state index is 12.6. The highest BCUT2D eigenvalue weighted by Crippen LogP contribution is 2.30. The largest absolute Gasteiger partial charge is 0.382 e. The zero-order valence-electron chi connectivity index (χ0n) is 12.2. The Balaban J connectivity index is 2.58. The Bertz CT molecular complexity index is 722. The Labute approximate surface area is 124 Å². The molecule has 0 radical (unpaired) electrons. The second-order valence-electron chi connectivity index (χ2n) is 5.68. The van der Waals surface area contributed by atoms with Gasteiger partial charge < -0.3 is 5.11 Å². The summed E-state index contributed by atoms with van der Waals surface area (Å²) in [7, 11) is -3.69. The van der Waals surface area contributed by atoms with E-state index in [2.05, 4.69) is 9.97 Å². The molecule has 0 saturated heterocycles. The molecule has 1 atom stereocenters. The molecule has 0 saturated carbocycles. The van der Waals surface area contributed by atoms with Crippen molar-refractivity contribution in [2.24, 2.45) is 0 Å². The van der Waals surface area contributed by atoms with Crippen LogP contribution in [0.5, 0.6) is 0 Å². The minimum absolute atomic E-state index is 0.0543. The molecule has 2 rings (SSSR count). The van der Waals surface area contributed by atoms with Crippen molar-refractivity contribution in [1.29, 1.82) is 0 Å². The predicted octanol–water partition coefficient (Wildman–Crippen LogP) is 2.13. The maximum absolute atomic E-state index is 12.6. The third-order valence-electron chi connectivity index (χ3n) is 3.13. The molecule has 1 aromatic heterocycles. The van der Waals surface area contributed by atoms with Crippen molar-refractivity contribution < 1.29 is 13.5 Å². The van der Waals surface area contributed by atoms with E-state index in [1.165, 1.54) is 12.4 Å². The number of aromatic nitrogens is 2. The first-order valence-corrected chi connectivity index (χ1v) is 8.02. The minimum Gasteiger partial charge on any atom is -0.382 e. The lowest BCUT2D eigenvalue weighted by Crippen LogP contribution is -2.30. The molecule has 0 amide bonds. The normalized spacial score (nSPS) is 13.9. The standard InChI is InChI=1S/C15H18N2O3S/c1-15(2,3)21(19,20)14-12(16-9-10-17-14)13(18)11-7-5-4-6-8-11/h4-10,13,18H,1-3H3. The summed E-state index contributed by atoms with van der Waals surface area (Å²) in [4.78, 5) is 8.00. The molecule has 0 aliphatic rings. The predicted molar refractivity (Wildman–Crippen MR) is 79.5 cm³/mol. The second kappa shape index (κ2) is 5.54. The van der Waals surface area contributed by atoms with Crippen LogP contribution < -0.4 is 0 Å². The lowest BCUT2D eigenvalue weighted by molar-refractivity contribution is 0.210. The maximum Gasteiger partial charge on any atom is 0.202 e. The van der Waals surface area contributed by atoms with Gasteiger partial charge in [0.1, 0.15) is 11.8 Å². The number of rotatable bonds is 3. The van der Waals surface area contributed by atoms with Crippen molar-refractivity contribution in [3.05, 3.63) is 54.0 Å². The van der Waals surface area contributed by atoms with E-state index in [1.807, 2.05) is 6.07 Å². The Morgan fingerprint density at radius 1 is 1.05 bits per heavy atom. The van der Waals surface area contributed by atoms with Gasteiger partial charge in [-0.25, -0.2) is 13.4 Å². The highest BCUT2D eigenvalue weighted by Gasteiger charge is 2.36. The quantitative estimate of drug-likeness (QED) is 0.939. The Hall–Kier alpha value is -1.79. The van der Waals surface area contributed by atoms with Gasteiger partial charge in [-0.05, 0) is 26.3 Å². The second-order valence-corrected chi connectivity index (χ2v) is 8.29. The van der Waals surface area contributed by atoms with Crippen LogP contribution in [0.3, 0.4) is 0 Å². The number of hydrogen-bond acceptors (Lipinski definition) is 5. The monoisotopic (exact) mass is 306 g/mol. The van der Waals surface area contributed by atoms with Gasteiger partial charge in [-0.3, -0.25) is 4.98 Å². The molecule has 2 aromatic rings. The third kappa shape index (κ3) is 2.96. The molecule has 5 nitrogen and oxygen atoms in total. The summed E-state index contributed by atoms with van der Waals surface area (Å²) in [5.74, 6) is 0. The van der Waals surface area contributed by atoms with Crippen molar-refractivity contribution in [2.75, 3.05) is 0 Å². The summed E-state index contributed by atoms with van der Waals surface area (Å²) >= 11 is 0. The Kier molecular flexibility index (Phi) is 4.11. The van der Waals surface area contributed by atoms with E-state index in [1.54, 1.807) is 45.0 Å². The van der Waals surface area contributed by atoms with Gasteiger partial charge in [-0.1, -0.05) is 30.3 Å². The summed E-state index contributed by atoms with van der Waals surface area (Å²) in [6, 6.07) is 8.79. The molecule has 0 bridgehead atoms. The minimum atomic E-state index is -3.69. The van der Waals surface area contributed by atoms with Crippen molar-refractivity contribution in [3.63, 3.8) is 0 Å². The van der Waals surface area contributed by atoms with Crippen LogP contribution in [0.15, 0.2) is 47.8 Å². The summed E-state index contributed by atoms with van der Waals surface area (Å²) in [6.07, 6.45) is 1.57. The fourth-order valence-corrected chi connectivity index (χ4v) is 3.03. The third-order valence-corrected chi connectivity index (χ3v) is 5.56. The molecule has 1 heterocycles. The first-order chi connectivity index (χ1) is 9.75. The zero-order valence-corrected chi connectivity index (χ0v) is 13.0. The van der Waals surface area contributed by atoms with E-state index in [9.17, 15) is 13.5 Å². The average Bonchev–Trinajstić information content (AvgIpc) is 2.46. The van der Waals surface area contributed by atoms with E-state index in [4.69, 9.17) is 0 Å². The van der Waals surface area contributed by atoms with E-state index >= 15 is 0 Å². The molecule has 112 valence electrons. The first-order valence-electron chi connectivity index (χ1n) is 6.53. The molecule has 1 unspecified atom stereocenters. The van der Waals surface area contributed by atoms with E-state index in [-0.39, 0.29) is 10.7 Å². The molecular formula is C15H18N2O3S. The van der Waals surface area contributed by atoms with Crippen LogP contribution in [0.2, 0.25) is 0 Å². The molecule has 21 heavy (non-hydrogen) atoms. The summed E-state index contributed by atoms with van der Waals surface area (Å²) in [6.45, 7) is 4.78. The van der Waals surface area contributed by atoms with Crippen LogP contribution >= 0.6 is 0 Å². The van der Waals surface area contributed by atoms with E-state index in [0.29, 0.717) is 5.56 Å². The number of sulfone groups is 1. The van der Waals surface area contributed by atoms with Crippen LogP contribution in [0.1, 0.15) is 38.1 Å². The fraction of sp³-hybridized carbons (Fsp3) is 0.333. The van der Waals surface area contributed by atoms with Crippen molar-refractivity contribution in [1.82, 2.24) is 9.97 Å². The molecule has 1 N–H and O–H groups in total. The highest BCUT2D eigenvalue weighted by molar-refractivity contribution is 7.92. The molecule has 0 fully saturated rings. The van der Waals surface area contributed by atoms with E-state index in [0.717, 1.165) is 0 Å². The van der Waals surface area contributed by atoms with Crippen LogP contribution in [-0.4, -0.2) is 28.2 Å². The molecule has 0 spiro atoms. The van der Waals surface area contributed by atoms with Gasteiger partial charge >= 0.3 is 0 Å². The zero-order chi connectivity index (χ0) is 15.7. The topological polar surface area (TPSA) is 80.2 Å². The van der Waals surface area contributed by atoms with Gasteiger partial charge in [0, 0.05) is 12.4 Å². The molecular weight excluding hydrogens is 288 g/mol.